The van der Waals surface area contributed by atoms with Gasteiger partial charge in [0, 0.05) is 29.9 Å². The van der Waals surface area contributed by atoms with Gasteiger partial charge in [-0.1, -0.05) is 36.4 Å². The average Bonchev–Trinajstić information content (AvgIpc) is 2.97. The van der Waals surface area contributed by atoms with E-state index in [1.807, 2.05) is 48.5 Å². The molecule has 3 aromatic rings. The summed E-state index contributed by atoms with van der Waals surface area (Å²) in [5.41, 5.74) is 2.82. The van der Waals surface area contributed by atoms with Gasteiger partial charge in [-0.2, -0.15) is 0 Å². The van der Waals surface area contributed by atoms with Gasteiger partial charge < -0.3 is 20.1 Å². The molecule has 0 radical (unpaired) electrons. The Morgan fingerprint density at radius 2 is 1.97 bits per heavy atom. The summed E-state index contributed by atoms with van der Waals surface area (Å²) in [4.78, 5) is 19.2. The smallest absolute Gasteiger partial charge is 0.318 e. The van der Waals surface area contributed by atoms with Crippen molar-refractivity contribution in [3.8, 4) is 11.5 Å². The number of ether oxygens (including phenoxy) is 1. The average molecular weight is 389 g/mol. The number of rotatable bonds is 4. The molecule has 6 nitrogen and oxygen atoms in total. The number of hydrogen-bond acceptors (Lipinski definition) is 4. The predicted octanol–water partition coefficient (Wildman–Crippen LogP) is 3.68. The van der Waals surface area contributed by atoms with Crippen LogP contribution in [0.3, 0.4) is 0 Å². The molecule has 0 aliphatic carbocycles. The minimum absolute atomic E-state index is 0.153. The van der Waals surface area contributed by atoms with E-state index < -0.39 is 0 Å². The first-order chi connectivity index (χ1) is 14.2. The number of nitrogens with zero attached hydrogens (tertiary/aromatic N) is 2. The van der Waals surface area contributed by atoms with Gasteiger partial charge >= 0.3 is 6.03 Å². The lowest BCUT2D eigenvalue weighted by atomic mass is 10.0. The Kier molecular flexibility index (Phi) is 5.61. The third kappa shape index (κ3) is 4.66. The van der Waals surface area contributed by atoms with Crippen LogP contribution in [0, 0.1) is 0 Å². The first kappa shape index (κ1) is 18.8. The molecular weight excluding hydrogens is 366 g/mol. The molecule has 1 aliphatic rings. The Morgan fingerprint density at radius 3 is 2.76 bits per heavy atom. The fourth-order valence-electron chi connectivity index (χ4n) is 3.44. The third-order valence-electron chi connectivity index (χ3n) is 4.96. The molecule has 1 aromatic heterocycles. The van der Waals surface area contributed by atoms with Crippen molar-refractivity contribution in [3.63, 3.8) is 0 Å². The molecular formula is C23H23N3O3. The summed E-state index contributed by atoms with van der Waals surface area (Å²) in [6, 6.07) is 20.4. The summed E-state index contributed by atoms with van der Waals surface area (Å²) in [7, 11) is 0. The van der Waals surface area contributed by atoms with Gasteiger partial charge in [-0.25, -0.2) is 4.79 Å². The van der Waals surface area contributed by atoms with E-state index in [9.17, 15) is 9.90 Å². The second-order valence-corrected chi connectivity index (χ2v) is 7.00. The lowest BCUT2D eigenvalue weighted by Crippen LogP contribution is -2.42. The summed E-state index contributed by atoms with van der Waals surface area (Å²) in [6.07, 6.45) is 2.36. The van der Waals surface area contributed by atoms with Crippen LogP contribution in [0.2, 0.25) is 0 Å². The highest BCUT2D eigenvalue weighted by atomic mass is 16.5. The molecule has 29 heavy (non-hydrogen) atoms. The zero-order chi connectivity index (χ0) is 20.1. The van der Waals surface area contributed by atoms with Crippen molar-refractivity contribution in [1.29, 1.82) is 0 Å². The molecule has 0 saturated carbocycles. The number of aromatic hydroxyl groups is 1. The Balaban J connectivity index is 1.52. The van der Waals surface area contributed by atoms with Crippen molar-refractivity contribution in [2.45, 2.75) is 19.0 Å². The van der Waals surface area contributed by atoms with Crippen molar-refractivity contribution in [2.75, 3.05) is 13.2 Å². The fraction of sp³-hybridized carbons (Fsp3) is 0.217. The second-order valence-electron chi connectivity index (χ2n) is 7.00. The molecule has 2 N–H and O–H groups in total. The zero-order valence-electron chi connectivity index (χ0n) is 16.0. The van der Waals surface area contributed by atoms with Gasteiger partial charge in [0.25, 0.3) is 0 Å². The largest absolute Gasteiger partial charge is 0.508 e. The number of carbonyl (C=O) groups is 1. The molecule has 1 atom stereocenters. The number of phenolic OH excluding ortho intramolecular Hbond substituents is 1. The second kappa shape index (κ2) is 8.65. The quantitative estimate of drug-likeness (QED) is 0.714. The molecule has 0 spiro atoms. The van der Waals surface area contributed by atoms with E-state index in [0.29, 0.717) is 31.9 Å². The molecule has 4 rings (SSSR count). The number of nitrogens with one attached hydrogen (secondary N) is 1. The number of hydrogen-bond donors (Lipinski definition) is 2. The first-order valence-electron chi connectivity index (χ1n) is 9.64. The van der Waals surface area contributed by atoms with E-state index in [-0.39, 0.29) is 17.8 Å². The van der Waals surface area contributed by atoms with Crippen LogP contribution < -0.4 is 10.1 Å². The van der Waals surface area contributed by atoms with Crippen LogP contribution in [0.1, 0.15) is 22.9 Å². The monoisotopic (exact) mass is 389 g/mol. The molecule has 1 aliphatic heterocycles. The van der Waals surface area contributed by atoms with Crippen molar-refractivity contribution >= 4 is 6.03 Å². The van der Waals surface area contributed by atoms with Crippen LogP contribution >= 0.6 is 0 Å². The van der Waals surface area contributed by atoms with Gasteiger partial charge in [0.05, 0.1) is 19.1 Å². The van der Waals surface area contributed by atoms with Crippen molar-refractivity contribution in [1.82, 2.24) is 15.2 Å². The van der Waals surface area contributed by atoms with Crippen molar-refractivity contribution in [2.24, 2.45) is 0 Å². The van der Waals surface area contributed by atoms with Crippen LogP contribution in [0.25, 0.3) is 0 Å². The molecule has 2 aromatic carbocycles. The van der Waals surface area contributed by atoms with Crippen LogP contribution in [0.5, 0.6) is 11.5 Å². The number of urea groups is 1. The Morgan fingerprint density at radius 1 is 1.14 bits per heavy atom. The maximum atomic E-state index is 13.1. The van der Waals surface area contributed by atoms with Gasteiger partial charge in [-0.05, 0) is 29.8 Å². The fourth-order valence-corrected chi connectivity index (χ4v) is 3.44. The molecule has 148 valence electrons. The summed E-state index contributed by atoms with van der Waals surface area (Å²) in [6.45, 7) is 1.26. The predicted molar refractivity (Wildman–Crippen MR) is 110 cm³/mol. The molecule has 1 unspecified atom stereocenters. The lowest BCUT2D eigenvalue weighted by Gasteiger charge is -2.25. The normalized spacial score (nSPS) is 14.3. The Labute approximate surface area is 169 Å². The van der Waals surface area contributed by atoms with Gasteiger partial charge in [-0.15, -0.1) is 0 Å². The molecule has 2 amide bonds. The van der Waals surface area contributed by atoms with E-state index in [1.54, 1.807) is 29.3 Å². The summed E-state index contributed by atoms with van der Waals surface area (Å²) < 4.78 is 5.70. The Hall–Kier alpha value is -3.54. The number of amides is 2. The van der Waals surface area contributed by atoms with Crippen molar-refractivity contribution in [3.05, 3.63) is 89.7 Å². The minimum atomic E-state index is -0.193. The lowest BCUT2D eigenvalue weighted by molar-refractivity contribution is 0.183. The summed E-state index contributed by atoms with van der Waals surface area (Å²) in [5, 5.41) is 12.8. The molecule has 0 fully saturated rings. The number of pyridine rings is 1. The number of aromatic nitrogens is 1. The van der Waals surface area contributed by atoms with Gasteiger partial charge in [0.2, 0.25) is 0 Å². The van der Waals surface area contributed by atoms with E-state index >= 15 is 0 Å². The molecule has 2 heterocycles. The van der Waals surface area contributed by atoms with Crippen LogP contribution in [0.15, 0.2) is 72.9 Å². The third-order valence-corrected chi connectivity index (χ3v) is 4.96. The summed E-state index contributed by atoms with van der Waals surface area (Å²) in [5.74, 6) is 0.773. The van der Waals surface area contributed by atoms with Gasteiger partial charge in [0.15, 0.2) is 0 Å². The van der Waals surface area contributed by atoms with Crippen LogP contribution in [-0.2, 0) is 13.0 Å². The molecule has 6 heteroatoms. The van der Waals surface area contributed by atoms with E-state index in [1.165, 1.54) is 0 Å². The number of fused-ring (bicyclic) bond motifs is 1. The van der Waals surface area contributed by atoms with E-state index in [2.05, 4.69) is 10.3 Å². The standard InChI is InChI=1S/C23H23N3O3/c27-20-10-9-18-16-26(12-13-29-22(18)15-20)23(28)25-21(17-6-2-1-3-7-17)14-19-8-4-5-11-24-19/h1-11,15,21,27H,12-14,16H2,(H,25,28). The molecule has 0 saturated heterocycles. The highest BCUT2D eigenvalue weighted by Crippen LogP contribution is 2.27. The maximum Gasteiger partial charge on any atom is 0.318 e. The maximum absolute atomic E-state index is 13.1. The topological polar surface area (TPSA) is 74.7 Å². The van der Waals surface area contributed by atoms with Crippen LogP contribution in [0.4, 0.5) is 4.79 Å². The van der Waals surface area contributed by atoms with Crippen LogP contribution in [-0.4, -0.2) is 34.2 Å². The number of phenols is 1. The first-order valence-corrected chi connectivity index (χ1v) is 9.64. The zero-order valence-corrected chi connectivity index (χ0v) is 16.0. The number of benzene rings is 2. The molecule has 0 bridgehead atoms. The van der Waals surface area contributed by atoms with E-state index in [4.69, 9.17) is 4.74 Å². The van der Waals surface area contributed by atoms with Gasteiger partial charge in [-0.3, -0.25) is 4.98 Å². The van der Waals surface area contributed by atoms with Crippen molar-refractivity contribution < 1.29 is 14.6 Å². The summed E-state index contributed by atoms with van der Waals surface area (Å²) >= 11 is 0. The highest BCUT2D eigenvalue weighted by Gasteiger charge is 2.23. The van der Waals surface area contributed by atoms with E-state index in [0.717, 1.165) is 16.8 Å². The Bertz CT molecular complexity index is 964. The minimum Gasteiger partial charge on any atom is -0.508 e. The van der Waals surface area contributed by atoms with Gasteiger partial charge in [0.1, 0.15) is 18.1 Å². The number of carbonyl (C=O) groups excluding carboxylic acids is 1. The SMILES string of the molecule is O=C(NC(Cc1ccccn1)c1ccccc1)N1CCOc2cc(O)ccc2C1. The highest BCUT2D eigenvalue weighted by molar-refractivity contribution is 5.75.